The lowest BCUT2D eigenvalue weighted by Crippen LogP contribution is -1.96. The summed E-state index contributed by atoms with van der Waals surface area (Å²) in [4.78, 5) is 8.09. The van der Waals surface area contributed by atoms with Crippen LogP contribution in [0.5, 0.6) is 0 Å². The first kappa shape index (κ1) is 16.7. The van der Waals surface area contributed by atoms with Crippen molar-refractivity contribution in [1.29, 1.82) is 0 Å². The smallest absolute Gasteiger partial charge is 0.224 e. The molecule has 120 valence electrons. The van der Waals surface area contributed by atoms with E-state index in [9.17, 15) is 0 Å². The van der Waals surface area contributed by atoms with E-state index in [0.717, 1.165) is 24.4 Å². The van der Waals surface area contributed by atoms with E-state index < -0.39 is 0 Å². The molecule has 0 radical (unpaired) electrons. The topological polar surface area (TPSA) is 86.7 Å². The van der Waals surface area contributed by atoms with Gasteiger partial charge in [-0.15, -0.1) is 0 Å². The molecule has 3 rings (SSSR count). The number of aryl methyl sites for hydroxylation is 1. The van der Waals surface area contributed by atoms with Gasteiger partial charge in [-0.3, -0.25) is 5.10 Å². The minimum Gasteiger partial charge on any atom is -0.396 e. The number of aromatic amines is 1. The number of H-pyrrole nitrogens is 1. The Morgan fingerprint density at radius 2 is 2.09 bits per heavy atom. The highest BCUT2D eigenvalue weighted by Gasteiger charge is 2.25. The van der Waals surface area contributed by atoms with Crippen molar-refractivity contribution in [2.45, 2.75) is 45.4 Å². The van der Waals surface area contributed by atoms with Crippen molar-refractivity contribution in [3.8, 4) is 0 Å². The van der Waals surface area contributed by atoms with Crippen molar-refractivity contribution < 1.29 is 5.11 Å². The molecule has 1 aliphatic carbocycles. The summed E-state index contributed by atoms with van der Waals surface area (Å²) >= 11 is 5.79. The number of unbranched alkanes of at least 4 members (excludes halogenated alkanes) is 1. The van der Waals surface area contributed by atoms with E-state index in [1.54, 1.807) is 0 Å². The number of halogens is 1. The minimum atomic E-state index is 0.241. The Morgan fingerprint density at radius 3 is 2.64 bits per heavy atom. The fourth-order valence-electron chi connectivity index (χ4n) is 1.89. The molecule has 7 heteroatoms. The van der Waals surface area contributed by atoms with Crippen LogP contribution in [0.25, 0.3) is 0 Å². The first-order valence-corrected chi connectivity index (χ1v) is 7.94. The Labute approximate surface area is 135 Å². The number of nitrogens with zero attached hydrogens (tertiary/aromatic N) is 3. The van der Waals surface area contributed by atoms with Crippen molar-refractivity contribution in [2.75, 3.05) is 11.9 Å². The molecule has 0 aromatic carbocycles. The van der Waals surface area contributed by atoms with Gasteiger partial charge in [0.1, 0.15) is 5.82 Å². The third-order valence-corrected chi connectivity index (χ3v) is 3.38. The molecule has 6 nitrogen and oxygen atoms in total. The molecule has 3 N–H and O–H groups in total. The van der Waals surface area contributed by atoms with Gasteiger partial charge in [-0.05, 0) is 37.8 Å². The van der Waals surface area contributed by atoms with E-state index in [1.165, 1.54) is 18.5 Å². The fourth-order valence-corrected chi connectivity index (χ4v) is 2.11. The summed E-state index contributed by atoms with van der Waals surface area (Å²) in [7, 11) is 0. The van der Waals surface area contributed by atoms with Crippen LogP contribution in [0.3, 0.4) is 0 Å². The van der Waals surface area contributed by atoms with Gasteiger partial charge in [-0.1, -0.05) is 13.3 Å². The standard InChI is InChI=1S/C11H12ClN5.C4H10O/c1-6-4-9(15-11(12)13-6)14-10-5-8(16-17-10)7-2-3-7;1-2-3-4-5/h4-5,7H,2-3H2,1H3,(H2,13,14,15,16,17);5H,2-4H2,1H3. The molecule has 0 amide bonds. The van der Waals surface area contributed by atoms with Crippen LogP contribution in [0.4, 0.5) is 11.6 Å². The highest BCUT2D eigenvalue weighted by molar-refractivity contribution is 6.28. The van der Waals surface area contributed by atoms with E-state index in [0.29, 0.717) is 18.3 Å². The van der Waals surface area contributed by atoms with Crippen molar-refractivity contribution in [2.24, 2.45) is 0 Å². The minimum absolute atomic E-state index is 0.241. The Morgan fingerprint density at radius 1 is 1.32 bits per heavy atom. The van der Waals surface area contributed by atoms with Gasteiger partial charge < -0.3 is 10.4 Å². The molecule has 0 spiro atoms. The average Bonchev–Trinajstić information content (AvgIpc) is 3.20. The molecule has 0 bridgehead atoms. The Balaban J connectivity index is 0.000000309. The molecule has 0 saturated heterocycles. The maximum Gasteiger partial charge on any atom is 0.224 e. The third kappa shape index (κ3) is 5.27. The second-order valence-corrected chi connectivity index (χ2v) is 5.69. The maximum absolute atomic E-state index is 8.07. The van der Waals surface area contributed by atoms with Gasteiger partial charge in [-0.2, -0.15) is 5.10 Å². The van der Waals surface area contributed by atoms with Crippen molar-refractivity contribution in [3.05, 3.63) is 28.8 Å². The predicted molar refractivity (Wildman–Crippen MR) is 87.6 cm³/mol. The largest absolute Gasteiger partial charge is 0.396 e. The molecule has 0 unspecified atom stereocenters. The SMILES string of the molecule is CCCCO.Cc1cc(Nc2cc(C3CC3)[nH]n2)nc(Cl)n1. The molecular formula is C15H22ClN5O. The number of nitrogens with one attached hydrogen (secondary N) is 2. The Bertz CT molecular complexity index is 575. The van der Waals surface area contributed by atoms with Crippen LogP contribution in [0, 0.1) is 6.92 Å². The van der Waals surface area contributed by atoms with Crippen LogP contribution in [0.2, 0.25) is 5.28 Å². The molecular weight excluding hydrogens is 302 g/mol. The van der Waals surface area contributed by atoms with E-state index in [-0.39, 0.29) is 5.28 Å². The summed E-state index contributed by atoms with van der Waals surface area (Å²) in [5.41, 5.74) is 2.01. The molecule has 2 aromatic heterocycles. The first-order chi connectivity index (χ1) is 10.6. The lowest BCUT2D eigenvalue weighted by Gasteiger charge is -2.02. The molecule has 1 fully saturated rings. The van der Waals surface area contributed by atoms with Gasteiger partial charge in [-0.25, -0.2) is 9.97 Å². The van der Waals surface area contributed by atoms with Crippen molar-refractivity contribution in [1.82, 2.24) is 20.2 Å². The number of anilines is 2. The van der Waals surface area contributed by atoms with E-state index in [2.05, 4.69) is 32.4 Å². The van der Waals surface area contributed by atoms with Crippen LogP contribution in [-0.4, -0.2) is 31.9 Å². The van der Waals surface area contributed by atoms with Gasteiger partial charge in [0.05, 0.1) is 0 Å². The molecule has 22 heavy (non-hydrogen) atoms. The summed E-state index contributed by atoms with van der Waals surface area (Å²) in [6, 6.07) is 3.85. The Hall–Kier alpha value is -1.66. The highest BCUT2D eigenvalue weighted by atomic mass is 35.5. The van der Waals surface area contributed by atoms with Crippen LogP contribution in [0.1, 0.15) is 49.9 Å². The first-order valence-electron chi connectivity index (χ1n) is 7.56. The van der Waals surface area contributed by atoms with E-state index in [4.69, 9.17) is 16.7 Å². The van der Waals surface area contributed by atoms with Crippen LogP contribution >= 0.6 is 11.6 Å². The zero-order valence-corrected chi connectivity index (χ0v) is 13.7. The summed E-state index contributed by atoms with van der Waals surface area (Å²) in [5, 5.41) is 18.6. The number of hydrogen-bond acceptors (Lipinski definition) is 5. The molecule has 0 aliphatic heterocycles. The monoisotopic (exact) mass is 323 g/mol. The summed E-state index contributed by atoms with van der Waals surface area (Å²) in [5.74, 6) is 2.09. The van der Waals surface area contributed by atoms with E-state index >= 15 is 0 Å². The lowest BCUT2D eigenvalue weighted by molar-refractivity contribution is 0.287. The Kier molecular flexibility index (Phi) is 6.15. The summed E-state index contributed by atoms with van der Waals surface area (Å²) in [6.07, 6.45) is 4.54. The molecule has 0 atom stereocenters. The van der Waals surface area contributed by atoms with Gasteiger partial charge in [0, 0.05) is 36.0 Å². The normalized spacial score (nSPS) is 13.5. The summed E-state index contributed by atoms with van der Waals surface area (Å²) in [6.45, 7) is 4.27. The van der Waals surface area contributed by atoms with Gasteiger partial charge >= 0.3 is 0 Å². The number of hydrogen-bond donors (Lipinski definition) is 3. The van der Waals surface area contributed by atoms with Crippen LogP contribution in [0.15, 0.2) is 12.1 Å². The highest BCUT2D eigenvalue weighted by Crippen LogP contribution is 2.39. The number of aliphatic hydroxyl groups excluding tert-OH is 1. The maximum atomic E-state index is 8.07. The summed E-state index contributed by atoms with van der Waals surface area (Å²) < 4.78 is 0. The van der Waals surface area contributed by atoms with Gasteiger partial charge in [0.25, 0.3) is 0 Å². The van der Waals surface area contributed by atoms with Crippen LogP contribution < -0.4 is 5.32 Å². The zero-order valence-electron chi connectivity index (χ0n) is 12.9. The molecule has 1 aliphatic rings. The fraction of sp³-hybridized carbons (Fsp3) is 0.533. The lowest BCUT2D eigenvalue weighted by atomic mass is 10.3. The average molecular weight is 324 g/mol. The van der Waals surface area contributed by atoms with Gasteiger partial charge in [0.2, 0.25) is 5.28 Å². The number of aromatic nitrogens is 4. The second-order valence-electron chi connectivity index (χ2n) is 5.35. The van der Waals surface area contributed by atoms with Crippen molar-refractivity contribution in [3.63, 3.8) is 0 Å². The molecule has 2 heterocycles. The predicted octanol–water partition coefficient (Wildman–Crippen LogP) is 3.56. The quantitative estimate of drug-likeness (QED) is 0.732. The molecule has 1 saturated carbocycles. The van der Waals surface area contributed by atoms with Gasteiger partial charge in [0.15, 0.2) is 5.82 Å². The van der Waals surface area contributed by atoms with Crippen molar-refractivity contribution >= 4 is 23.2 Å². The second kappa shape index (κ2) is 8.10. The third-order valence-electron chi connectivity index (χ3n) is 3.21. The van der Waals surface area contributed by atoms with Crippen LogP contribution in [-0.2, 0) is 0 Å². The zero-order chi connectivity index (χ0) is 15.9. The number of aliphatic hydroxyl groups is 1. The molecule has 2 aromatic rings. The van der Waals surface area contributed by atoms with E-state index in [1.807, 2.05) is 19.1 Å². The number of rotatable bonds is 5.